The minimum Gasteiger partial charge on any atom is -0.481 e. The smallest absolute Gasteiger partial charge is 0.260 e. The van der Waals surface area contributed by atoms with Gasteiger partial charge in [0.25, 0.3) is 5.91 Å². The van der Waals surface area contributed by atoms with E-state index in [2.05, 4.69) is 11.4 Å². The zero-order valence-corrected chi connectivity index (χ0v) is 13.4. The van der Waals surface area contributed by atoms with Crippen molar-refractivity contribution in [2.75, 3.05) is 0 Å². The maximum Gasteiger partial charge on any atom is 0.260 e. The van der Waals surface area contributed by atoms with Gasteiger partial charge in [-0.05, 0) is 50.8 Å². The molecule has 1 fully saturated rings. The van der Waals surface area contributed by atoms with Gasteiger partial charge in [-0.1, -0.05) is 37.8 Å². The Morgan fingerprint density at radius 1 is 1.19 bits per heavy atom. The van der Waals surface area contributed by atoms with E-state index in [-0.39, 0.29) is 5.91 Å². The molecule has 0 bridgehead atoms. The molecule has 1 aromatic rings. The Kier molecular flexibility index (Phi) is 5.66. The van der Waals surface area contributed by atoms with Gasteiger partial charge in [-0.25, -0.2) is 0 Å². The van der Waals surface area contributed by atoms with E-state index in [0.29, 0.717) is 6.04 Å². The molecule has 0 saturated heterocycles. The summed E-state index contributed by atoms with van der Waals surface area (Å²) in [6, 6.07) is 6.40. The van der Waals surface area contributed by atoms with Crippen molar-refractivity contribution in [2.45, 2.75) is 71.4 Å². The van der Waals surface area contributed by atoms with Crippen molar-refractivity contribution < 1.29 is 9.53 Å². The van der Waals surface area contributed by atoms with Crippen LogP contribution in [0.25, 0.3) is 0 Å². The van der Waals surface area contributed by atoms with Crippen LogP contribution >= 0.6 is 0 Å². The number of amides is 1. The Morgan fingerprint density at radius 3 is 2.52 bits per heavy atom. The summed E-state index contributed by atoms with van der Waals surface area (Å²) in [4.78, 5) is 12.3. The van der Waals surface area contributed by atoms with Crippen molar-refractivity contribution in [3.8, 4) is 5.75 Å². The van der Waals surface area contributed by atoms with E-state index in [1.54, 1.807) is 0 Å². The van der Waals surface area contributed by atoms with Gasteiger partial charge in [-0.2, -0.15) is 0 Å². The topological polar surface area (TPSA) is 38.3 Å². The first-order valence-corrected chi connectivity index (χ1v) is 8.10. The Morgan fingerprint density at radius 2 is 1.86 bits per heavy atom. The molecule has 21 heavy (non-hydrogen) atoms. The highest BCUT2D eigenvalue weighted by atomic mass is 16.5. The van der Waals surface area contributed by atoms with Crippen molar-refractivity contribution in [1.29, 1.82) is 0 Å². The van der Waals surface area contributed by atoms with E-state index in [9.17, 15) is 4.79 Å². The summed E-state index contributed by atoms with van der Waals surface area (Å²) in [5.74, 6) is 0.807. The van der Waals surface area contributed by atoms with Crippen molar-refractivity contribution in [3.63, 3.8) is 0 Å². The maximum atomic E-state index is 12.3. The predicted molar refractivity (Wildman–Crippen MR) is 85.6 cm³/mol. The molecule has 1 amide bonds. The van der Waals surface area contributed by atoms with E-state index >= 15 is 0 Å². The van der Waals surface area contributed by atoms with Crippen LogP contribution in [0.15, 0.2) is 18.2 Å². The van der Waals surface area contributed by atoms with E-state index in [1.807, 2.05) is 32.9 Å². The zero-order chi connectivity index (χ0) is 15.2. The van der Waals surface area contributed by atoms with Crippen LogP contribution in [0.1, 0.15) is 56.6 Å². The molecule has 1 saturated carbocycles. The lowest BCUT2D eigenvalue weighted by Gasteiger charge is -2.21. The number of benzene rings is 1. The van der Waals surface area contributed by atoms with Crippen molar-refractivity contribution >= 4 is 5.91 Å². The summed E-state index contributed by atoms with van der Waals surface area (Å²) in [7, 11) is 0. The van der Waals surface area contributed by atoms with E-state index in [4.69, 9.17) is 4.74 Å². The highest BCUT2D eigenvalue weighted by molar-refractivity contribution is 5.81. The van der Waals surface area contributed by atoms with E-state index in [1.165, 1.54) is 25.7 Å². The first-order valence-electron chi connectivity index (χ1n) is 8.10. The average molecular weight is 289 g/mol. The van der Waals surface area contributed by atoms with Gasteiger partial charge in [0.2, 0.25) is 0 Å². The second-order valence-electron chi connectivity index (χ2n) is 6.23. The molecule has 2 rings (SSSR count). The monoisotopic (exact) mass is 289 g/mol. The number of ether oxygens (including phenoxy) is 1. The Balaban J connectivity index is 1.91. The molecule has 0 radical (unpaired) electrons. The molecule has 0 aliphatic heterocycles. The number of nitrogens with one attached hydrogen (secondary N) is 1. The van der Waals surface area contributed by atoms with Crippen LogP contribution in [0, 0.1) is 13.8 Å². The third-order valence-corrected chi connectivity index (χ3v) is 4.22. The predicted octanol–water partition coefficient (Wildman–Crippen LogP) is 3.91. The minimum absolute atomic E-state index is 0.00260. The summed E-state index contributed by atoms with van der Waals surface area (Å²) in [5.41, 5.74) is 2.21. The third-order valence-electron chi connectivity index (χ3n) is 4.22. The second-order valence-corrected chi connectivity index (χ2v) is 6.23. The number of aryl methyl sites for hydroxylation is 2. The lowest BCUT2D eigenvalue weighted by Crippen LogP contribution is -2.42. The molecular weight excluding hydrogens is 262 g/mol. The van der Waals surface area contributed by atoms with Gasteiger partial charge < -0.3 is 10.1 Å². The van der Waals surface area contributed by atoms with Crippen LogP contribution in [0.5, 0.6) is 5.75 Å². The minimum atomic E-state index is -0.450. The standard InChI is InChI=1S/C18H27NO2/c1-13-10-11-14(2)17(12-13)21-15(3)18(20)19-16-8-6-4-5-7-9-16/h10-12,15-16H,4-9H2,1-3H3,(H,19,20)/t15-/m1/s1. The molecule has 3 nitrogen and oxygen atoms in total. The Labute approximate surface area is 128 Å². The molecule has 0 spiro atoms. The summed E-state index contributed by atoms with van der Waals surface area (Å²) in [5, 5.41) is 3.15. The number of carbonyl (C=O) groups is 1. The molecule has 1 aromatic carbocycles. The van der Waals surface area contributed by atoms with Crippen LogP contribution < -0.4 is 10.1 Å². The SMILES string of the molecule is Cc1ccc(C)c(O[C@H](C)C(=O)NC2CCCCCC2)c1. The maximum absolute atomic E-state index is 12.3. The van der Waals surface area contributed by atoms with Crippen molar-refractivity contribution in [3.05, 3.63) is 29.3 Å². The molecule has 1 N–H and O–H groups in total. The van der Waals surface area contributed by atoms with Gasteiger partial charge in [0, 0.05) is 6.04 Å². The molecule has 116 valence electrons. The van der Waals surface area contributed by atoms with Gasteiger partial charge >= 0.3 is 0 Å². The summed E-state index contributed by atoms with van der Waals surface area (Å²) in [6.45, 7) is 5.86. The fourth-order valence-corrected chi connectivity index (χ4v) is 2.82. The molecular formula is C18H27NO2. The highest BCUT2D eigenvalue weighted by Crippen LogP contribution is 2.21. The largest absolute Gasteiger partial charge is 0.481 e. The number of hydrogen-bond acceptors (Lipinski definition) is 2. The fraction of sp³-hybridized carbons (Fsp3) is 0.611. The molecule has 0 unspecified atom stereocenters. The highest BCUT2D eigenvalue weighted by Gasteiger charge is 2.20. The lowest BCUT2D eigenvalue weighted by molar-refractivity contribution is -0.128. The quantitative estimate of drug-likeness (QED) is 0.853. The van der Waals surface area contributed by atoms with Gasteiger partial charge in [0.15, 0.2) is 6.10 Å². The van der Waals surface area contributed by atoms with Crippen LogP contribution in [-0.4, -0.2) is 18.1 Å². The zero-order valence-electron chi connectivity index (χ0n) is 13.4. The van der Waals surface area contributed by atoms with Gasteiger partial charge in [-0.3, -0.25) is 4.79 Å². The van der Waals surface area contributed by atoms with Gasteiger partial charge in [0.1, 0.15) is 5.75 Å². The first kappa shape index (κ1) is 15.9. The Hall–Kier alpha value is -1.51. The molecule has 1 aliphatic carbocycles. The molecule has 1 atom stereocenters. The third kappa shape index (κ3) is 4.76. The number of carbonyl (C=O) groups excluding carboxylic acids is 1. The first-order chi connectivity index (χ1) is 10.1. The summed E-state index contributed by atoms with van der Waals surface area (Å²) in [6.07, 6.45) is 6.77. The number of hydrogen-bond donors (Lipinski definition) is 1. The molecule has 0 aromatic heterocycles. The van der Waals surface area contributed by atoms with Gasteiger partial charge in [0.05, 0.1) is 0 Å². The average Bonchev–Trinajstić information content (AvgIpc) is 2.71. The van der Waals surface area contributed by atoms with E-state index < -0.39 is 6.10 Å². The van der Waals surface area contributed by atoms with Crippen LogP contribution in [0.3, 0.4) is 0 Å². The molecule has 0 heterocycles. The van der Waals surface area contributed by atoms with Crippen LogP contribution in [0.4, 0.5) is 0 Å². The lowest BCUT2D eigenvalue weighted by atomic mass is 10.1. The van der Waals surface area contributed by atoms with Crippen molar-refractivity contribution in [2.24, 2.45) is 0 Å². The van der Waals surface area contributed by atoms with E-state index in [0.717, 1.165) is 29.7 Å². The van der Waals surface area contributed by atoms with Gasteiger partial charge in [-0.15, -0.1) is 0 Å². The normalized spacial score (nSPS) is 17.9. The molecule has 1 aliphatic rings. The molecule has 3 heteroatoms. The van der Waals surface area contributed by atoms with Crippen molar-refractivity contribution in [1.82, 2.24) is 5.32 Å². The van der Waals surface area contributed by atoms with Crippen LogP contribution in [-0.2, 0) is 4.79 Å². The van der Waals surface area contributed by atoms with Crippen LogP contribution in [0.2, 0.25) is 0 Å². The fourth-order valence-electron chi connectivity index (χ4n) is 2.82. The second kappa shape index (κ2) is 7.48. The summed E-state index contributed by atoms with van der Waals surface area (Å²) >= 11 is 0. The Bertz CT molecular complexity index is 476. The summed E-state index contributed by atoms with van der Waals surface area (Å²) < 4.78 is 5.85. The number of rotatable bonds is 4.